The van der Waals surface area contributed by atoms with Crippen molar-refractivity contribution < 1.29 is 9.53 Å². The van der Waals surface area contributed by atoms with E-state index >= 15 is 0 Å². The summed E-state index contributed by atoms with van der Waals surface area (Å²) in [6.07, 6.45) is 5.58. The highest BCUT2D eigenvalue weighted by molar-refractivity contribution is 5.80. The fraction of sp³-hybridized carbons (Fsp3) is 0.889. The summed E-state index contributed by atoms with van der Waals surface area (Å²) < 4.78 is 5.18. The van der Waals surface area contributed by atoms with Gasteiger partial charge in [-0.05, 0) is 19.3 Å². The molecular formula is C9H14O2. The number of hydrogen-bond acceptors (Lipinski definition) is 2. The zero-order valence-electron chi connectivity index (χ0n) is 6.93. The molecule has 1 saturated carbocycles. The van der Waals surface area contributed by atoms with Gasteiger partial charge in [0.15, 0.2) is 0 Å². The van der Waals surface area contributed by atoms with E-state index in [0.717, 1.165) is 32.1 Å². The molecule has 1 saturated heterocycles. The number of carbonyl (C=O) groups is 1. The largest absolute Gasteiger partial charge is 0.462 e. The summed E-state index contributed by atoms with van der Waals surface area (Å²) in [6, 6.07) is 0. The van der Waals surface area contributed by atoms with Gasteiger partial charge in [-0.3, -0.25) is 4.79 Å². The number of esters is 1. The van der Waals surface area contributed by atoms with Crippen molar-refractivity contribution in [2.45, 2.75) is 45.1 Å². The standard InChI is InChI=1S/C9H14O2/c1-2-4-9-5-3-7(6-9)11-8(9)10/h7H,2-6H2,1H3. The van der Waals surface area contributed by atoms with Crippen molar-refractivity contribution in [1.82, 2.24) is 0 Å². The maximum absolute atomic E-state index is 11.3. The molecule has 1 heterocycles. The predicted molar refractivity (Wildman–Crippen MR) is 41.1 cm³/mol. The minimum absolute atomic E-state index is 0.0422. The fourth-order valence-corrected chi connectivity index (χ4v) is 2.45. The molecule has 2 unspecified atom stereocenters. The lowest BCUT2D eigenvalue weighted by Crippen LogP contribution is -2.26. The summed E-state index contributed by atoms with van der Waals surface area (Å²) in [4.78, 5) is 11.3. The van der Waals surface area contributed by atoms with E-state index in [-0.39, 0.29) is 17.5 Å². The molecule has 2 rings (SSSR count). The molecule has 0 aromatic rings. The molecule has 0 aromatic heterocycles. The molecule has 0 spiro atoms. The lowest BCUT2D eigenvalue weighted by Gasteiger charge is -2.21. The van der Waals surface area contributed by atoms with E-state index in [4.69, 9.17) is 4.74 Å². The molecule has 0 N–H and O–H groups in total. The van der Waals surface area contributed by atoms with Crippen molar-refractivity contribution in [2.75, 3.05) is 0 Å². The maximum atomic E-state index is 11.3. The zero-order chi connectivity index (χ0) is 7.90. The molecule has 2 fully saturated rings. The molecule has 2 aliphatic rings. The van der Waals surface area contributed by atoms with Gasteiger partial charge in [0, 0.05) is 6.42 Å². The second-order valence-electron chi connectivity index (χ2n) is 3.80. The highest BCUT2D eigenvalue weighted by Crippen LogP contribution is 2.49. The SMILES string of the molecule is CCCC12CCC(C1)OC2=O. The van der Waals surface area contributed by atoms with Gasteiger partial charge in [-0.15, -0.1) is 0 Å². The lowest BCUT2D eigenvalue weighted by atomic mass is 9.83. The highest BCUT2D eigenvalue weighted by atomic mass is 16.6. The van der Waals surface area contributed by atoms with E-state index in [1.54, 1.807) is 0 Å². The van der Waals surface area contributed by atoms with Crippen LogP contribution in [0.1, 0.15) is 39.0 Å². The van der Waals surface area contributed by atoms with Crippen LogP contribution in [0.2, 0.25) is 0 Å². The quantitative estimate of drug-likeness (QED) is 0.568. The van der Waals surface area contributed by atoms with Crippen LogP contribution >= 0.6 is 0 Å². The molecule has 2 bridgehead atoms. The van der Waals surface area contributed by atoms with Gasteiger partial charge in [0.25, 0.3) is 0 Å². The van der Waals surface area contributed by atoms with Gasteiger partial charge in [-0.2, -0.15) is 0 Å². The molecule has 1 aliphatic carbocycles. The molecule has 11 heavy (non-hydrogen) atoms. The molecular weight excluding hydrogens is 140 g/mol. The van der Waals surface area contributed by atoms with Crippen molar-refractivity contribution in [3.05, 3.63) is 0 Å². The third kappa shape index (κ3) is 0.883. The summed E-state index contributed by atoms with van der Waals surface area (Å²) in [5.41, 5.74) is -0.0422. The van der Waals surface area contributed by atoms with Crippen LogP contribution in [-0.2, 0) is 9.53 Å². The molecule has 62 valence electrons. The van der Waals surface area contributed by atoms with E-state index < -0.39 is 0 Å². The molecule has 2 heteroatoms. The van der Waals surface area contributed by atoms with Gasteiger partial charge < -0.3 is 4.74 Å². The second-order valence-corrected chi connectivity index (χ2v) is 3.80. The Hall–Kier alpha value is -0.530. The predicted octanol–water partition coefficient (Wildman–Crippen LogP) is 1.88. The van der Waals surface area contributed by atoms with Crippen molar-refractivity contribution >= 4 is 5.97 Å². The Kier molecular flexibility index (Phi) is 1.44. The normalized spacial score (nSPS) is 41.2. The summed E-state index contributed by atoms with van der Waals surface area (Å²) in [5.74, 6) is 0.0793. The van der Waals surface area contributed by atoms with Crippen LogP contribution in [0.3, 0.4) is 0 Å². The number of hydrogen-bond donors (Lipinski definition) is 0. The molecule has 2 atom stereocenters. The third-order valence-corrected chi connectivity index (χ3v) is 3.00. The minimum Gasteiger partial charge on any atom is -0.462 e. The van der Waals surface area contributed by atoms with Crippen molar-refractivity contribution in [1.29, 1.82) is 0 Å². The molecule has 1 aliphatic heterocycles. The Morgan fingerprint density at radius 3 is 3.00 bits per heavy atom. The van der Waals surface area contributed by atoms with Crippen LogP contribution in [0.25, 0.3) is 0 Å². The average molecular weight is 154 g/mol. The van der Waals surface area contributed by atoms with Gasteiger partial charge in [-0.25, -0.2) is 0 Å². The van der Waals surface area contributed by atoms with E-state index in [1.165, 1.54) is 0 Å². The smallest absolute Gasteiger partial charge is 0.312 e. The van der Waals surface area contributed by atoms with Gasteiger partial charge in [0.2, 0.25) is 0 Å². The first-order valence-corrected chi connectivity index (χ1v) is 4.48. The van der Waals surface area contributed by atoms with E-state index in [2.05, 4.69) is 6.92 Å². The Morgan fingerprint density at radius 1 is 1.73 bits per heavy atom. The van der Waals surface area contributed by atoms with Crippen molar-refractivity contribution in [2.24, 2.45) is 5.41 Å². The second kappa shape index (κ2) is 2.23. The van der Waals surface area contributed by atoms with Crippen LogP contribution in [0.15, 0.2) is 0 Å². The summed E-state index contributed by atoms with van der Waals surface area (Å²) in [7, 11) is 0. The third-order valence-electron chi connectivity index (χ3n) is 3.00. The van der Waals surface area contributed by atoms with Gasteiger partial charge in [-0.1, -0.05) is 13.3 Å². The Bertz CT molecular complexity index is 188. The van der Waals surface area contributed by atoms with E-state index in [9.17, 15) is 4.79 Å². The van der Waals surface area contributed by atoms with Crippen LogP contribution in [0.5, 0.6) is 0 Å². The molecule has 2 nitrogen and oxygen atoms in total. The monoisotopic (exact) mass is 154 g/mol. The first-order valence-electron chi connectivity index (χ1n) is 4.48. The summed E-state index contributed by atoms with van der Waals surface area (Å²) >= 11 is 0. The summed E-state index contributed by atoms with van der Waals surface area (Å²) in [5, 5.41) is 0. The summed E-state index contributed by atoms with van der Waals surface area (Å²) in [6.45, 7) is 2.13. The van der Waals surface area contributed by atoms with Crippen LogP contribution < -0.4 is 0 Å². The van der Waals surface area contributed by atoms with Crippen LogP contribution in [0, 0.1) is 5.41 Å². The highest BCUT2D eigenvalue weighted by Gasteiger charge is 2.53. The topological polar surface area (TPSA) is 26.3 Å². The Morgan fingerprint density at radius 2 is 2.55 bits per heavy atom. The Balaban J connectivity index is 2.16. The number of ether oxygens (including phenoxy) is 1. The van der Waals surface area contributed by atoms with Gasteiger partial charge in [0.1, 0.15) is 6.10 Å². The van der Waals surface area contributed by atoms with E-state index in [1.807, 2.05) is 0 Å². The number of carbonyl (C=O) groups excluding carboxylic acids is 1. The minimum atomic E-state index is -0.0422. The average Bonchev–Trinajstić information content (AvgIpc) is 2.45. The van der Waals surface area contributed by atoms with Crippen molar-refractivity contribution in [3.63, 3.8) is 0 Å². The van der Waals surface area contributed by atoms with E-state index in [0.29, 0.717) is 0 Å². The molecule has 0 amide bonds. The molecule has 0 aromatic carbocycles. The van der Waals surface area contributed by atoms with Gasteiger partial charge >= 0.3 is 5.97 Å². The van der Waals surface area contributed by atoms with Crippen LogP contribution in [-0.4, -0.2) is 12.1 Å². The first kappa shape index (κ1) is 7.14. The first-order chi connectivity index (χ1) is 5.27. The number of fused-ring (bicyclic) bond motifs is 2. The number of rotatable bonds is 2. The Labute approximate surface area is 66.9 Å². The zero-order valence-corrected chi connectivity index (χ0v) is 6.93. The molecule has 0 radical (unpaired) electrons. The maximum Gasteiger partial charge on any atom is 0.312 e. The van der Waals surface area contributed by atoms with Crippen LogP contribution in [0.4, 0.5) is 0 Å². The van der Waals surface area contributed by atoms with Gasteiger partial charge in [0.05, 0.1) is 5.41 Å². The fourth-order valence-electron chi connectivity index (χ4n) is 2.45. The van der Waals surface area contributed by atoms with Crippen molar-refractivity contribution in [3.8, 4) is 0 Å². The lowest BCUT2D eigenvalue weighted by molar-refractivity contribution is -0.153.